The maximum Gasteiger partial charge on any atom is 0.343 e. The van der Waals surface area contributed by atoms with Crippen molar-refractivity contribution >= 4 is 45.9 Å². The van der Waals surface area contributed by atoms with Gasteiger partial charge < -0.3 is 37.6 Å². The van der Waals surface area contributed by atoms with E-state index < -0.39 is 23.9 Å². The van der Waals surface area contributed by atoms with Gasteiger partial charge >= 0.3 is 23.9 Å². The van der Waals surface area contributed by atoms with Gasteiger partial charge in [0.1, 0.15) is 45.9 Å². The first-order chi connectivity index (χ1) is 44.1. The molecule has 3 aromatic heterocycles. The molecule has 0 N–H and O–H groups in total. The van der Waals surface area contributed by atoms with Crippen LogP contribution in [0.25, 0.3) is 45.1 Å². The highest BCUT2D eigenvalue weighted by atomic mass is 16.5. The van der Waals surface area contributed by atoms with Crippen LogP contribution in [0, 0.1) is 0 Å². The van der Waals surface area contributed by atoms with E-state index in [2.05, 4.69) is 13.8 Å². The molecule has 470 valence electrons. The van der Waals surface area contributed by atoms with Gasteiger partial charge in [-0.15, -0.1) is 0 Å². The molecule has 3 heterocycles. The lowest BCUT2D eigenvalue weighted by Gasteiger charge is -2.09. The summed E-state index contributed by atoms with van der Waals surface area (Å²) in [4.78, 5) is 67.9. The number of imidazole rings is 2. The number of hydrogen-bond acceptors (Lipinski definition) is 13. The highest BCUT2D eigenvalue weighted by molar-refractivity contribution is 5.95. The Hall–Kier alpha value is -9.11. The fraction of sp³-hybridized carbons (Fsp3) is 0.373. The number of carbonyl (C=O) groups is 4. The number of carbonyl (C=O) groups excluding carboxylic acids is 4. The number of benzene rings is 6. The van der Waals surface area contributed by atoms with Crippen molar-refractivity contribution in [2.75, 3.05) is 13.2 Å². The molecule has 0 atom stereocenters. The van der Waals surface area contributed by atoms with Crippen molar-refractivity contribution in [3.05, 3.63) is 174 Å². The molecule has 0 aliphatic carbocycles. The van der Waals surface area contributed by atoms with Crippen LogP contribution in [0.4, 0.5) is 0 Å². The summed E-state index contributed by atoms with van der Waals surface area (Å²) in [6.45, 7) is 11.0. The van der Waals surface area contributed by atoms with Gasteiger partial charge in [-0.1, -0.05) is 135 Å². The molecule has 0 bridgehead atoms. The molecule has 90 heavy (non-hydrogen) atoms. The van der Waals surface area contributed by atoms with Crippen LogP contribution in [0.2, 0.25) is 0 Å². The topological polar surface area (TPSA) is 172 Å². The number of unbranched alkanes of at least 4 members (excludes halogenated alkanes) is 18. The lowest BCUT2D eigenvalue weighted by atomic mass is 10.1. The molecule has 0 unspecified atom stereocenters. The average Bonchev–Trinajstić information content (AvgIpc) is 1.76. The zero-order chi connectivity index (χ0) is 62.9. The summed E-state index contributed by atoms with van der Waals surface area (Å²) in [6.07, 6.45) is 25.2. The zero-order valence-corrected chi connectivity index (χ0v) is 52.7. The largest absolute Gasteiger partial charge is 0.494 e. The third-order valence-corrected chi connectivity index (χ3v) is 16.0. The SMILES string of the molecule is CCCCCCCCCCCCOc1ccc(C(=O)Oc2ccc(C(=O)Oc3ccc4c(c3)nc(-c3cccc(-c5nc6cc(OC(=O)c7ccc(OC(=O)c8ccc(OCCCCCCCCCCCC)cc8)cc7)ccc6n5CC)n3)n4CC)cc2)cc1. The molecule has 0 spiro atoms. The monoisotopic (exact) mass is 1220 g/mol. The van der Waals surface area contributed by atoms with E-state index in [4.69, 9.17) is 43.4 Å². The standard InChI is InChI=1S/C75H85N5O10/c1-5-9-11-13-15-17-19-21-23-25-50-85-58-38-30-54(31-39-58)72(81)87-60-42-34-56(35-43-60)74(83)89-62-46-48-68-66(52-62)77-70(79(68)7-3)64-28-27-29-65(76-64)71-78-67-53-63(47-49-69(67)80(71)8-4)90-75(84)57-36-44-61(45-37-57)88-73(82)55-32-40-59(41-33-55)86-51-26-24-22-20-18-16-14-12-10-6-2/h27-49,52-53H,5-26,50-51H2,1-4H3. The summed E-state index contributed by atoms with van der Waals surface area (Å²) in [7, 11) is 0. The summed E-state index contributed by atoms with van der Waals surface area (Å²) in [5, 5.41) is 0. The first-order valence-corrected chi connectivity index (χ1v) is 32.6. The van der Waals surface area contributed by atoms with Gasteiger partial charge in [0, 0.05) is 25.2 Å². The molecule has 15 nitrogen and oxygen atoms in total. The molecular formula is C75H85N5O10. The van der Waals surface area contributed by atoms with E-state index in [-0.39, 0.29) is 22.6 Å². The Morgan fingerprint density at radius 2 is 0.611 bits per heavy atom. The van der Waals surface area contributed by atoms with E-state index >= 15 is 0 Å². The highest BCUT2D eigenvalue weighted by Gasteiger charge is 2.21. The van der Waals surface area contributed by atoms with E-state index in [9.17, 15) is 19.2 Å². The number of aryl methyl sites for hydroxylation is 2. The van der Waals surface area contributed by atoms with Crippen molar-refractivity contribution in [1.82, 2.24) is 24.1 Å². The first-order valence-electron chi connectivity index (χ1n) is 32.6. The van der Waals surface area contributed by atoms with Gasteiger partial charge in [0.25, 0.3) is 0 Å². The average molecular weight is 1220 g/mol. The van der Waals surface area contributed by atoms with Crippen molar-refractivity contribution in [2.24, 2.45) is 0 Å². The summed E-state index contributed by atoms with van der Waals surface area (Å²) in [5.41, 5.74) is 5.43. The summed E-state index contributed by atoms with van der Waals surface area (Å²) < 4.78 is 38.8. The molecule has 0 radical (unpaired) electrons. The van der Waals surface area contributed by atoms with Crippen LogP contribution < -0.4 is 28.4 Å². The molecule has 0 aliphatic heterocycles. The number of ether oxygens (including phenoxy) is 6. The summed E-state index contributed by atoms with van der Waals surface area (Å²) in [5.74, 6) is 1.64. The number of esters is 4. The van der Waals surface area contributed by atoms with E-state index in [1.807, 2.05) is 53.3 Å². The van der Waals surface area contributed by atoms with Gasteiger partial charge in [0.15, 0.2) is 11.6 Å². The van der Waals surface area contributed by atoms with Crippen LogP contribution in [-0.4, -0.2) is 61.2 Å². The smallest absolute Gasteiger partial charge is 0.343 e. The molecular weight excluding hydrogens is 1130 g/mol. The number of fused-ring (bicyclic) bond motifs is 2. The van der Waals surface area contributed by atoms with Gasteiger partial charge in [-0.2, -0.15) is 0 Å². The minimum Gasteiger partial charge on any atom is -0.494 e. The quantitative estimate of drug-likeness (QED) is 0.0206. The zero-order valence-electron chi connectivity index (χ0n) is 52.7. The Morgan fingerprint density at radius 1 is 0.322 bits per heavy atom. The molecule has 0 amide bonds. The number of aromatic nitrogens is 5. The molecule has 6 aromatic carbocycles. The Balaban J connectivity index is 0.748. The van der Waals surface area contributed by atoms with Crippen molar-refractivity contribution in [1.29, 1.82) is 0 Å². The second kappa shape index (κ2) is 34.0. The normalized spacial score (nSPS) is 11.2. The molecule has 0 aliphatic rings. The Morgan fingerprint density at radius 3 is 0.933 bits per heavy atom. The maximum absolute atomic E-state index is 13.4. The Labute approximate surface area is 529 Å². The van der Waals surface area contributed by atoms with E-state index in [1.54, 1.807) is 121 Å². The van der Waals surface area contributed by atoms with Crippen LogP contribution >= 0.6 is 0 Å². The second-order valence-corrected chi connectivity index (χ2v) is 22.8. The predicted molar refractivity (Wildman–Crippen MR) is 353 cm³/mol. The van der Waals surface area contributed by atoms with Crippen molar-refractivity contribution < 1.29 is 47.6 Å². The van der Waals surface area contributed by atoms with Gasteiger partial charge in [-0.05, 0) is 160 Å². The minimum atomic E-state index is -0.584. The second-order valence-electron chi connectivity index (χ2n) is 22.8. The minimum absolute atomic E-state index is 0.275. The third-order valence-electron chi connectivity index (χ3n) is 16.0. The van der Waals surface area contributed by atoms with Crippen LogP contribution in [0.3, 0.4) is 0 Å². The molecule has 15 heteroatoms. The van der Waals surface area contributed by atoms with Crippen LogP contribution in [0.1, 0.15) is 198 Å². The van der Waals surface area contributed by atoms with Gasteiger partial charge in [0.2, 0.25) is 0 Å². The Bertz CT molecular complexity index is 3520. The van der Waals surface area contributed by atoms with E-state index in [1.165, 1.54) is 103 Å². The third kappa shape index (κ3) is 18.5. The number of hydrogen-bond donors (Lipinski definition) is 0. The van der Waals surface area contributed by atoms with Gasteiger partial charge in [-0.25, -0.2) is 34.1 Å². The predicted octanol–water partition coefficient (Wildman–Crippen LogP) is 18.6. The van der Waals surface area contributed by atoms with Crippen LogP contribution in [0.15, 0.2) is 152 Å². The number of nitrogens with zero attached hydrogens (tertiary/aromatic N) is 5. The molecule has 9 aromatic rings. The van der Waals surface area contributed by atoms with Crippen molar-refractivity contribution in [2.45, 2.75) is 169 Å². The van der Waals surface area contributed by atoms with E-state index in [0.717, 1.165) is 36.7 Å². The molecule has 9 rings (SSSR count). The number of pyridine rings is 1. The molecule has 0 saturated heterocycles. The highest BCUT2D eigenvalue weighted by Crippen LogP contribution is 2.32. The van der Waals surface area contributed by atoms with Crippen molar-refractivity contribution in [3.63, 3.8) is 0 Å². The number of rotatable bonds is 36. The Kier molecular flexibility index (Phi) is 24.7. The van der Waals surface area contributed by atoms with Crippen LogP contribution in [-0.2, 0) is 13.1 Å². The van der Waals surface area contributed by atoms with Crippen molar-refractivity contribution in [3.8, 4) is 57.5 Å². The summed E-state index contributed by atoms with van der Waals surface area (Å²) >= 11 is 0. The fourth-order valence-electron chi connectivity index (χ4n) is 11.0. The van der Waals surface area contributed by atoms with Gasteiger partial charge in [-0.3, -0.25) is 0 Å². The molecule has 0 fully saturated rings. The van der Waals surface area contributed by atoms with Gasteiger partial charge in [0.05, 0.1) is 57.5 Å². The van der Waals surface area contributed by atoms with Crippen LogP contribution in [0.5, 0.6) is 34.5 Å². The van der Waals surface area contributed by atoms with E-state index in [0.29, 0.717) is 94.5 Å². The maximum atomic E-state index is 13.4. The lowest BCUT2D eigenvalue weighted by Crippen LogP contribution is -2.10. The first kappa shape index (κ1) is 65.3. The molecule has 0 saturated carbocycles. The lowest BCUT2D eigenvalue weighted by molar-refractivity contribution is 0.0720. The summed E-state index contributed by atoms with van der Waals surface area (Å²) in [6, 6.07) is 42.6. The fourth-order valence-corrected chi connectivity index (χ4v) is 11.0.